The van der Waals surface area contributed by atoms with Crippen molar-refractivity contribution >= 4 is 11.4 Å². The fourth-order valence-electron chi connectivity index (χ4n) is 4.04. The third kappa shape index (κ3) is 1.71. The van der Waals surface area contributed by atoms with Gasteiger partial charge in [-0.05, 0) is 48.3 Å². The molecule has 0 radical (unpaired) electrons. The third-order valence-electron chi connectivity index (χ3n) is 5.39. The average Bonchev–Trinajstić information content (AvgIpc) is 2.86. The highest BCUT2D eigenvalue weighted by Crippen LogP contribution is 2.68. The number of rotatable bonds is 0. The minimum atomic E-state index is -0.384. The fraction of sp³-hybridized carbons (Fsp3) is 0.412. The van der Waals surface area contributed by atoms with Gasteiger partial charge in [-0.1, -0.05) is 13.8 Å². The van der Waals surface area contributed by atoms with Crippen molar-refractivity contribution in [2.24, 2.45) is 22.2 Å². The van der Waals surface area contributed by atoms with Crippen molar-refractivity contribution in [3.63, 3.8) is 0 Å². The molecule has 2 fully saturated rings. The molecule has 2 unspecified atom stereocenters. The van der Waals surface area contributed by atoms with E-state index in [-0.39, 0.29) is 10.6 Å². The molecule has 5 nitrogen and oxygen atoms in total. The van der Waals surface area contributed by atoms with Crippen molar-refractivity contribution in [2.75, 3.05) is 0 Å². The van der Waals surface area contributed by atoms with Gasteiger partial charge in [0.15, 0.2) is 0 Å². The number of nitrogens with one attached hydrogen (secondary N) is 1. The molecule has 2 saturated carbocycles. The van der Waals surface area contributed by atoms with Gasteiger partial charge in [0, 0.05) is 29.1 Å². The molecule has 0 spiro atoms. The van der Waals surface area contributed by atoms with Gasteiger partial charge in [0.2, 0.25) is 5.71 Å². The van der Waals surface area contributed by atoms with Crippen LogP contribution in [0, 0.1) is 27.7 Å². The summed E-state index contributed by atoms with van der Waals surface area (Å²) in [6, 6.07) is 0. The summed E-state index contributed by atoms with van der Waals surface area (Å²) in [5, 5.41) is 24.9. The van der Waals surface area contributed by atoms with Crippen LogP contribution < -0.4 is 5.32 Å². The second-order valence-electron chi connectivity index (χ2n) is 6.98. The highest BCUT2D eigenvalue weighted by molar-refractivity contribution is 6.07. The summed E-state index contributed by atoms with van der Waals surface area (Å²) in [5.41, 5.74) is 5.15. The number of fused-ring (bicyclic) bond motifs is 3. The summed E-state index contributed by atoms with van der Waals surface area (Å²) in [6.45, 7) is 6.76. The Morgan fingerprint density at radius 2 is 1.91 bits per heavy atom. The second-order valence-corrected chi connectivity index (χ2v) is 6.98. The van der Waals surface area contributed by atoms with Crippen molar-refractivity contribution in [3.05, 3.63) is 57.4 Å². The average molecular weight is 296 g/mol. The molecule has 0 amide bonds. The van der Waals surface area contributed by atoms with Crippen LogP contribution in [0.2, 0.25) is 0 Å². The Kier molecular flexibility index (Phi) is 2.50. The quantitative estimate of drug-likeness (QED) is 0.552. The molecule has 22 heavy (non-hydrogen) atoms. The molecule has 5 heteroatoms. The van der Waals surface area contributed by atoms with Gasteiger partial charge >= 0.3 is 0 Å². The van der Waals surface area contributed by atoms with Crippen molar-refractivity contribution in [1.82, 2.24) is 5.32 Å². The van der Waals surface area contributed by atoms with E-state index in [0.717, 1.165) is 17.8 Å². The maximum absolute atomic E-state index is 10.7. The molecular formula is C17H18N3O2-. The van der Waals surface area contributed by atoms with Crippen LogP contribution >= 0.6 is 0 Å². The van der Waals surface area contributed by atoms with E-state index in [1.165, 1.54) is 29.1 Å². The SMILES string of the molecule is CC1=C2C(=NC(=C3C=CC(=[N+]([O-])[O-])C=C3)N1)CC1C2C1(C)C. The number of aliphatic imine (C=N–C) groups is 1. The van der Waals surface area contributed by atoms with Crippen LogP contribution in [0.5, 0.6) is 0 Å². The lowest BCUT2D eigenvalue weighted by Gasteiger charge is -2.23. The molecule has 0 aromatic heterocycles. The number of hydrogen-bond donors (Lipinski definition) is 1. The van der Waals surface area contributed by atoms with E-state index in [9.17, 15) is 10.4 Å². The van der Waals surface area contributed by atoms with Crippen molar-refractivity contribution < 1.29 is 4.90 Å². The molecule has 3 aliphatic carbocycles. The number of hydrogen-bond acceptors (Lipinski definition) is 4. The van der Waals surface area contributed by atoms with Gasteiger partial charge in [-0.15, -0.1) is 0 Å². The topological polar surface area (TPSA) is 73.5 Å². The predicted molar refractivity (Wildman–Crippen MR) is 86.0 cm³/mol. The van der Waals surface area contributed by atoms with Gasteiger partial charge in [0.25, 0.3) is 0 Å². The molecule has 4 rings (SSSR count). The van der Waals surface area contributed by atoms with Crippen LogP contribution in [0.3, 0.4) is 0 Å². The van der Waals surface area contributed by atoms with Gasteiger partial charge < -0.3 is 15.7 Å². The minimum absolute atomic E-state index is 0.102. The van der Waals surface area contributed by atoms with Gasteiger partial charge in [0.05, 0.1) is 0 Å². The molecule has 1 aliphatic heterocycles. The number of allylic oxidation sites excluding steroid dienone is 7. The van der Waals surface area contributed by atoms with Crippen molar-refractivity contribution in [1.29, 1.82) is 0 Å². The van der Waals surface area contributed by atoms with Crippen LogP contribution in [0.25, 0.3) is 0 Å². The normalized spacial score (nSPS) is 30.9. The van der Waals surface area contributed by atoms with Gasteiger partial charge in [-0.25, -0.2) is 4.99 Å². The van der Waals surface area contributed by atoms with Crippen LogP contribution in [-0.2, 0) is 0 Å². The van der Waals surface area contributed by atoms with Crippen LogP contribution in [0.1, 0.15) is 27.2 Å². The Bertz CT molecular complexity index is 741. The van der Waals surface area contributed by atoms with Crippen LogP contribution in [0.4, 0.5) is 0 Å². The van der Waals surface area contributed by atoms with E-state index in [0.29, 0.717) is 17.3 Å². The van der Waals surface area contributed by atoms with E-state index in [2.05, 4.69) is 26.1 Å². The molecule has 0 aromatic carbocycles. The molecule has 0 aromatic rings. The zero-order valence-electron chi connectivity index (χ0n) is 12.9. The van der Waals surface area contributed by atoms with E-state index in [1.807, 2.05) is 0 Å². The number of nitrogens with zero attached hydrogens (tertiary/aromatic N) is 2. The highest BCUT2D eigenvalue weighted by Gasteiger charge is 2.64. The van der Waals surface area contributed by atoms with E-state index in [1.54, 1.807) is 12.2 Å². The summed E-state index contributed by atoms with van der Waals surface area (Å²) < 4.78 is 0. The predicted octanol–water partition coefficient (Wildman–Crippen LogP) is 2.77. The summed E-state index contributed by atoms with van der Waals surface area (Å²) in [5.74, 6) is 2.15. The molecule has 114 valence electrons. The summed E-state index contributed by atoms with van der Waals surface area (Å²) >= 11 is 0. The second kappa shape index (κ2) is 4.12. The summed E-state index contributed by atoms with van der Waals surface area (Å²) in [4.78, 5) is 4.40. The van der Waals surface area contributed by atoms with Gasteiger partial charge in [-0.3, -0.25) is 0 Å². The first-order valence-corrected chi connectivity index (χ1v) is 7.57. The lowest BCUT2D eigenvalue weighted by Crippen LogP contribution is -2.24. The minimum Gasteiger partial charge on any atom is -0.612 e. The smallest absolute Gasteiger partial charge is 0.222 e. The Hall–Kier alpha value is -2.30. The van der Waals surface area contributed by atoms with Crippen molar-refractivity contribution in [3.8, 4) is 0 Å². The molecular weight excluding hydrogens is 278 g/mol. The fourth-order valence-corrected chi connectivity index (χ4v) is 4.04. The highest BCUT2D eigenvalue weighted by atomic mass is 16.8. The molecule has 0 bridgehead atoms. The summed E-state index contributed by atoms with van der Waals surface area (Å²) in [7, 11) is 0. The van der Waals surface area contributed by atoms with Gasteiger partial charge in [0.1, 0.15) is 5.82 Å². The standard InChI is InChI=1S/C17H18N3O2/c1-9-14-13(8-12-15(14)17(12,2)3)19-16(18-9)10-4-6-11(7-5-10)20(21)22/h4-7,12,15,18H,8H2,1-3H3/q-1. The lowest BCUT2D eigenvalue weighted by atomic mass is 9.93. The zero-order valence-corrected chi connectivity index (χ0v) is 12.9. The van der Waals surface area contributed by atoms with Crippen LogP contribution in [0.15, 0.2) is 52.0 Å². The molecule has 2 atom stereocenters. The van der Waals surface area contributed by atoms with E-state index < -0.39 is 0 Å². The largest absolute Gasteiger partial charge is 0.612 e. The molecule has 4 aliphatic rings. The first-order valence-electron chi connectivity index (χ1n) is 7.57. The maximum Gasteiger partial charge on any atom is 0.222 e. The first kappa shape index (κ1) is 13.4. The Balaban J connectivity index is 1.68. The Labute approximate surface area is 129 Å². The lowest BCUT2D eigenvalue weighted by molar-refractivity contribution is -0.377. The molecule has 1 heterocycles. The van der Waals surface area contributed by atoms with E-state index in [4.69, 9.17) is 4.99 Å². The van der Waals surface area contributed by atoms with Crippen molar-refractivity contribution in [2.45, 2.75) is 27.2 Å². The first-order chi connectivity index (χ1) is 10.4. The summed E-state index contributed by atoms with van der Waals surface area (Å²) in [6.07, 6.45) is 7.59. The maximum atomic E-state index is 10.7. The van der Waals surface area contributed by atoms with Gasteiger partial charge in [-0.2, -0.15) is 4.90 Å². The zero-order chi connectivity index (χ0) is 15.6. The van der Waals surface area contributed by atoms with Crippen LogP contribution in [-0.4, -0.2) is 16.3 Å². The van der Waals surface area contributed by atoms with E-state index >= 15 is 0 Å². The Morgan fingerprint density at radius 1 is 1.23 bits per heavy atom. The Morgan fingerprint density at radius 3 is 2.55 bits per heavy atom. The third-order valence-corrected chi connectivity index (χ3v) is 5.39. The molecule has 1 N–H and O–H groups in total. The molecule has 0 saturated heterocycles. The monoisotopic (exact) mass is 296 g/mol.